The molecule has 8 nitrogen and oxygen atoms in total. The molecule has 5 rings (SSSR count). The molecule has 0 radical (unpaired) electrons. The normalized spacial score (nSPS) is 19.7. The first-order chi connectivity index (χ1) is 13.7. The Morgan fingerprint density at radius 3 is 3.04 bits per heavy atom. The summed E-state index contributed by atoms with van der Waals surface area (Å²) in [6, 6.07) is 7.71. The third-order valence-electron chi connectivity index (χ3n) is 5.05. The Labute approximate surface area is 166 Å². The van der Waals surface area contributed by atoms with Crippen molar-refractivity contribution < 1.29 is 9.21 Å². The Kier molecular flexibility index (Phi) is 4.33. The fourth-order valence-electron chi connectivity index (χ4n) is 3.74. The van der Waals surface area contributed by atoms with E-state index in [0.29, 0.717) is 19.5 Å². The standard InChI is InChI=1S/C19H20N6O2S/c1-13-20-18-11-23(6-7-24(18)21-13)12-19(26)25-15(17-5-3-9-28-17)10-14(22-25)16-4-2-8-27-16/h2-5,8-9,15H,6-7,10-12H2,1H3/t15-/m1/s1. The summed E-state index contributed by atoms with van der Waals surface area (Å²) < 4.78 is 7.43. The summed E-state index contributed by atoms with van der Waals surface area (Å²) in [5, 5.41) is 12.7. The molecule has 0 aliphatic carbocycles. The lowest BCUT2D eigenvalue weighted by Gasteiger charge is -2.28. The monoisotopic (exact) mass is 396 g/mol. The van der Waals surface area contributed by atoms with Crippen molar-refractivity contribution in [3.8, 4) is 0 Å². The summed E-state index contributed by atoms with van der Waals surface area (Å²) in [7, 11) is 0. The fourth-order valence-corrected chi connectivity index (χ4v) is 4.56. The second-order valence-corrected chi connectivity index (χ2v) is 7.99. The van der Waals surface area contributed by atoms with E-state index in [1.54, 1.807) is 22.6 Å². The van der Waals surface area contributed by atoms with Gasteiger partial charge in [-0.05, 0) is 30.5 Å². The molecule has 0 fully saturated rings. The first-order valence-electron chi connectivity index (χ1n) is 9.27. The van der Waals surface area contributed by atoms with Gasteiger partial charge in [0.15, 0.2) is 0 Å². The number of carbonyl (C=O) groups is 1. The van der Waals surface area contributed by atoms with Crippen LogP contribution in [-0.4, -0.2) is 49.4 Å². The van der Waals surface area contributed by atoms with Crippen LogP contribution < -0.4 is 0 Å². The van der Waals surface area contributed by atoms with E-state index < -0.39 is 0 Å². The smallest absolute Gasteiger partial charge is 0.257 e. The number of fused-ring (bicyclic) bond motifs is 1. The van der Waals surface area contributed by atoms with Crippen LogP contribution in [0.25, 0.3) is 0 Å². The van der Waals surface area contributed by atoms with Crippen molar-refractivity contribution in [2.45, 2.75) is 32.5 Å². The summed E-state index contributed by atoms with van der Waals surface area (Å²) in [4.78, 5) is 20.9. The van der Waals surface area contributed by atoms with E-state index >= 15 is 0 Å². The van der Waals surface area contributed by atoms with Crippen LogP contribution in [0.5, 0.6) is 0 Å². The molecular formula is C19H20N6O2S. The van der Waals surface area contributed by atoms with Gasteiger partial charge in [-0.1, -0.05) is 6.07 Å². The molecule has 2 aliphatic rings. The summed E-state index contributed by atoms with van der Waals surface area (Å²) in [5.74, 6) is 2.39. The third-order valence-corrected chi connectivity index (χ3v) is 6.02. The van der Waals surface area contributed by atoms with Crippen LogP contribution in [0.1, 0.15) is 34.7 Å². The largest absolute Gasteiger partial charge is 0.463 e. The first kappa shape index (κ1) is 17.3. The maximum absolute atomic E-state index is 13.2. The Bertz CT molecular complexity index is 1010. The number of thiophene rings is 1. The number of rotatable bonds is 4. The summed E-state index contributed by atoms with van der Waals surface area (Å²) >= 11 is 1.65. The van der Waals surface area contributed by atoms with Gasteiger partial charge < -0.3 is 4.42 Å². The van der Waals surface area contributed by atoms with Crippen LogP contribution in [0.15, 0.2) is 45.4 Å². The van der Waals surface area contributed by atoms with Gasteiger partial charge in [-0.25, -0.2) is 14.7 Å². The van der Waals surface area contributed by atoms with Crippen LogP contribution in [0.4, 0.5) is 0 Å². The molecule has 1 atom stereocenters. The van der Waals surface area contributed by atoms with Gasteiger partial charge in [0, 0.05) is 17.8 Å². The Morgan fingerprint density at radius 2 is 2.25 bits per heavy atom. The van der Waals surface area contributed by atoms with Gasteiger partial charge in [0.1, 0.15) is 23.1 Å². The quantitative estimate of drug-likeness (QED) is 0.677. The van der Waals surface area contributed by atoms with E-state index in [9.17, 15) is 4.79 Å². The van der Waals surface area contributed by atoms with Gasteiger partial charge in [-0.2, -0.15) is 10.2 Å². The van der Waals surface area contributed by atoms with E-state index in [4.69, 9.17) is 4.42 Å². The second kappa shape index (κ2) is 6.99. The zero-order valence-corrected chi connectivity index (χ0v) is 16.3. The van der Waals surface area contributed by atoms with Gasteiger partial charge in [-0.3, -0.25) is 9.69 Å². The lowest BCUT2D eigenvalue weighted by atomic mass is 10.1. The molecule has 3 aromatic heterocycles. The van der Waals surface area contributed by atoms with Crippen molar-refractivity contribution in [1.29, 1.82) is 0 Å². The highest BCUT2D eigenvalue weighted by Gasteiger charge is 2.35. The van der Waals surface area contributed by atoms with Crippen LogP contribution in [0.3, 0.4) is 0 Å². The van der Waals surface area contributed by atoms with Gasteiger partial charge in [0.05, 0.1) is 31.9 Å². The number of hydrazone groups is 1. The number of furan rings is 1. The molecule has 5 heterocycles. The first-order valence-corrected chi connectivity index (χ1v) is 10.1. The van der Waals surface area contributed by atoms with Gasteiger partial charge in [0.2, 0.25) is 0 Å². The SMILES string of the molecule is Cc1nc2n(n1)CCN(CC(=O)N1N=C(c3ccco3)C[C@@H]1c1cccs1)C2. The van der Waals surface area contributed by atoms with E-state index in [-0.39, 0.29) is 11.9 Å². The van der Waals surface area contributed by atoms with E-state index in [0.717, 1.165) is 41.1 Å². The molecule has 0 bridgehead atoms. The molecule has 9 heteroatoms. The lowest BCUT2D eigenvalue weighted by Crippen LogP contribution is -2.42. The highest BCUT2D eigenvalue weighted by molar-refractivity contribution is 7.10. The second-order valence-electron chi connectivity index (χ2n) is 7.01. The number of carbonyl (C=O) groups excluding carboxylic acids is 1. The molecule has 0 aromatic carbocycles. The highest BCUT2D eigenvalue weighted by Crippen LogP contribution is 2.35. The predicted molar refractivity (Wildman–Crippen MR) is 104 cm³/mol. The van der Waals surface area contributed by atoms with Crippen LogP contribution >= 0.6 is 11.3 Å². The van der Waals surface area contributed by atoms with Crippen molar-refractivity contribution in [3.05, 3.63) is 58.2 Å². The summed E-state index contributed by atoms with van der Waals surface area (Å²) in [6.07, 6.45) is 2.29. The van der Waals surface area contributed by atoms with Crippen molar-refractivity contribution in [1.82, 2.24) is 24.7 Å². The molecule has 1 amide bonds. The molecule has 0 saturated carbocycles. The Morgan fingerprint density at radius 1 is 1.32 bits per heavy atom. The minimum absolute atomic E-state index is 0.00959. The van der Waals surface area contributed by atoms with Crippen LogP contribution in [0.2, 0.25) is 0 Å². The lowest BCUT2D eigenvalue weighted by molar-refractivity contribution is -0.134. The molecule has 0 saturated heterocycles. The predicted octanol–water partition coefficient (Wildman–Crippen LogP) is 2.43. The molecule has 28 heavy (non-hydrogen) atoms. The van der Waals surface area contributed by atoms with Gasteiger partial charge in [0.25, 0.3) is 5.91 Å². The maximum atomic E-state index is 13.2. The van der Waals surface area contributed by atoms with Crippen LogP contribution in [-0.2, 0) is 17.9 Å². The van der Waals surface area contributed by atoms with E-state index in [1.807, 2.05) is 35.2 Å². The van der Waals surface area contributed by atoms with Gasteiger partial charge in [-0.15, -0.1) is 11.3 Å². The topological polar surface area (TPSA) is 79.8 Å². The number of hydrogen-bond acceptors (Lipinski definition) is 7. The number of aromatic nitrogens is 3. The highest BCUT2D eigenvalue weighted by atomic mass is 32.1. The number of amides is 1. The van der Waals surface area contributed by atoms with Crippen LogP contribution in [0, 0.1) is 6.92 Å². The molecule has 2 aliphatic heterocycles. The zero-order chi connectivity index (χ0) is 19.1. The molecule has 3 aromatic rings. The van der Waals surface area contributed by atoms with Gasteiger partial charge >= 0.3 is 0 Å². The van der Waals surface area contributed by atoms with Crippen molar-refractivity contribution in [3.63, 3.8) is 0 Å². The Balaban J connectivity index is 1.35. The molecule has 0 N–H and O–H groups in total. The van der Waals surface area contributed by atoms with E-state index in [2.05, 4.69) is 26.2 Å². The third kappa shape index (κ3) is 3.16. The van der Waals surface area contributed by atoms with E-state index in [1.165, 1.54) is 0 Å². The summed E-state index contributed by atoms with van der Waals surface area (Å²) in [5.41, 5.74) is 0.811. The minimum Gasteiger partial charge on any atom is -0.463 e. The zero-order valence-electron chi connectivity index (χ0n) is 15.5. The number of nitrogens with zero attached hydrogens (tertiary/aromatic N) is 6. The molecule has 0 spiro atoms. The Hall–Kier alpha value is -2.78. The van der Waals surface area contributed by atoms with Crippen molar-refractivity contribution >= 4 is 23.0 Å². The minimum atomic E-state index is -0.0803. The van der Waals surface area contributed by atoms with Crippen molar-refractivity contribution in [2.75, 3.05) is 13.1 Å². The maximum Gasteiger partial charge on any atom is 0.257 e. The number of hydrogen-bond donors (Lipinski definition) is 0. The number of aryl methyl sites for hydroxylation is 1. The molecule has 144 valence electrons. The molecular weight excluding hydrogens is 376 g/mol. The fraction of sp³-hybridized carbons (Fsp3) is 0.368. The average molecular weight is 396 g/mol. The average Bonchev–Trinajstić information content (AvgIpc) is 3.44. The summed E-state index contributed by atoms with van der Waals surface area (Å²) in [6.45, 7) is 4.34. The molecule has 0 unspecified atom stereocenters. The van der Waals surface area contributed by atoms with Crippen molar-refractivity contribution in [2.24, 2.45) is 5.10 Å².